The van der Waals surface area contributed by atoms with E-state index in [0.717, 1.165) is 16.7 Å². The van der Waals surface area contributed by atoms with Gasteiger partial charge in [0.1, 0.15) is 17.7 Å². The molecule has 2 aromatic rings. The second kappa shape index (κ2) is 12.4. The second-order valence-electron chi connectivity index (χ2n) is 9.40. The summed E-state index contributed by atoms with van der Waals surface area (Å²) in [5.74, 6) is -0.937. The van der Waals surface area contributed by atoms with Crippen molar-refractivity contribution in [1.29, 1.82) is 0 Å². The lowest BCUT2D eigenvalue weighted by Gasteiger charge is -2.34. The Balaban J connectivity index is 2.37. The van der Waals surface area contributed by atoms with E-state index in [1.807, 2.05) is 62.4 Å². The molecule has 3 N–H and O–H groups in total. The molecule has 0 saturated heterocycles. The smallest absolute Gasteiger partial charge is 0.408 e. The number of benzene rings is 2. The van der Waals surface area contributed by atoms with Crippen molar-refractivity contribution < 1.29 is 24.2 Å². The van der Waals surface area contributed by atoms with Gasteiger partial charge in [-0.2, -0.15) is 0 Å². The number of hydrogen-bond acceptors (Lipinski definition) is 5. The minimum absolute atomic E-state index is 0.183. The van der Waals surface area contributed by atoms with Crippen LogP contribution in [0.2, 0.25) is 0 Å². The number of amides is 3. The summed E-state index contributed by atoms with van der Waals surface area (Å²) in [4.78, 5) is 40.7. The van der Waals surface area contributed by atoms with E-state index in [1.165, 1.54) is 4.90 Å². The SMILES string of the molecule is CCN(C(=O)C(CO)NC(=O)OC(C)(C)C)C(C(=O)NCc1ccccc1)c1cccc(C)c1C. The normalized spacial score (nSPS) is 12.9. The van der Waals surface area contributed by atoms with Gasteiger partial charge in [-0.05, 0) is 63.8 Å². The molecule has 8 nitrogen and oxygen atoms in total. The fourth-order valence-electron chi connectivity index (χ4n) is 3.70. The molecule has 35 heavy (non-hydrogen) atoms. The molecule has 2 aromatic carbocycles. The Labute approximate surface area is 207 Å². The first-order valence-corrected chi connectivity index (χ1v) is 11.8. The molecule has 2 rings (SSSR count). The maximum atomic E-state index is 13.5. The van der Waals surface area contributed by atoms with Crippen LogP contribution in [0.3, 0.4) is 0 Å². The van der Waals surface area contributed by atoms with Crippen molar-refractivity contribution in [3.8, 4) is 0 Å². The van der Waals surface area contributed by atoms with Gasteiger partial charge in [0, 0.05) is 13.1 Å². The summed E-state index contributed by atoms with van der Waals surface area (Å²) in [6.07, 6.45) is -0.822. The molecular weight excluding hydrogens is 446 g/mol. The van der Waals surface area contributed by atoms with Gasteiger partial charge in [-0.1, -0.05) is 48.5 Å². The lowest BCUT2D eigenvalue weighted by molar-refractivity contribution is -0.143. The summed E-state index contributed by atoms with van der Waals surface area (Å²) in [6.45, 7) is 10.5. The minimum Gasteiger partial charge on any atom is -0.444 e. The molecule has 190 valence electrons. The van der Waals surface area contributed by atoms with Crippen molar-refractivity contribution >= 4 is 17.9 Å². The third-order valence-corrected chi connectivity index (χ3v) is 5.61. The summed E-state index contributed by atoms with van der Waals surface area (Å²) in [7, 11) is 0. The van der Waals surface area contributed by atoms with Crippen molar-refractivity contribution in [1.82, 2.24) is 15.5 Å². The average molecular weight is 484 g/mol. The van der Waals surface area contributed by atoms with Gasteiger partial charge in [0.15, 0.2) is 0 Å². The van der Waals surface area contributed by atoms with Gasteiger partial charge in [-0.15, -0.1) is 0 Å². The molecule has 0 aliphatic carbocycles. The van der Waals surface area contributed by atoms with E-state index in [0.29, 0.717) is 12.1 Å². The lowest BCUT2D eigenvalue weighted by Crippen LogP contribution is -2.54. The molecule has 2 atom stereocenters. The zero-order valence-corrected chi connectivity index (χ0v) is 21.4. The Hall–Kier alpha value is -3.39. The van der Waals surface area contributed by atoms with Gasteiger partial charge in [0.05, 0.1) is 6.61 Å². The molecular formula is C27H37N3O5. The van der Waals surface area contributed by atoms with Crippen LogP contribution in [0.5, 0.6) is 0 Å². The van der Waals surface area contributed by atoms with Gasteiger partial charge in [-0.3, -0.25) is 9.59 Å². The van der Waals surface area contributed by atoms with Gasteiger partial charge < -0.3 is 25.4 Å². The molecule has 0 spiro atoms. The number of hydrogen-bond donors (Lipinski definition) is 3. The summed E-state index contributed by atoms with van der Waals surface area (Å²) < 4.78 is 5.24. The molecule has 0 aliphatic heterocycles. The second-order valence-corrected chi connectivity index (χ2v) is 9.40. The quantitative estimate of drug-likeness (QED) is 0.507. The van der Waals surface area contributed by atoms with Crippen molar-refractivity contribution in [3.05, 3.63) is 70.8 Å². The number of likely N-dealkylation sites (N-methyl/N-ethyl adjacent to an activating group) is 1. The highest BCUT2D eigenvalue weighted by Crippen LogP contribution is 2.27. The highest BCUT2D eigenvalue weighted by molar-refractivity contribution is 5.92. The van der Waals surface area contributed by atoms with E-state index in [1.54, 1.807) is 27.7 Å². The number of aliphatic hydroxyl groups excluding tert-OH is 1. The molecule has 0 aromatic heterocycles. The number of rotatable bonds is 9. The summed E-state index contributed by atoms with van der Waals surface area (Å²) in [5.41, 5.74) is 2.71. The highest BCUT2D eigenvalue weighted by atomic mass is 16.6. The van der Waals surface area contributed by atoms with E-state index >= 15 is 0 Å². The van der Waals surface area contributed by atoms with Crippen LogP contribution in [-0.2, 0) is 20.9 Å². The number of alkyl carbamates (subject to hydrolysis) is 1. The van der Waals surface area contributed by atoms with Crippen LogP contribution in [0, 0.1) is 13.8 Å². The molecule has 2 unspecified atom stereocenters. The molecule has 0 aliphatic rings. The third-order valence-electron chi connectivity index (χ3n) is 5.61. The minimum atomic E-state index is -1.26. The summed E-state index contributed by atoms with van der Waals surface area (Å²) >= 11 is 0. The van der Waals surface area contributed by atoms with Gasteiger partial charge in [0.2, 0.25) is 11.8 Å². The number of carbonyl (C=O) groups is 3. The maximum Gasteiger partial charge on any atom is 0.408 e. The zero-order chi connectivity index (χ0) is 26.2. The molecule has 0 bridgehead atoms. The van der Waals surface area contributed by atoms with E-state index < -0.39 is 36.3 Å². The predicted octanol–water partition coefficient (Wildman–Crippen LogP) is 3.40. The predicted molar refractivity (Wildman–Crippen MR) is 135 cm³/mol. The number of aryl methyl sites for hydroxylation is 1. The molecule has 3 amide bonds. The number of aliphatic hydroxyl groups is 1. The summed E-state index contributed by atoms with van der Waals surface area (Å²) in [5, 5.41) is 15.3. The van der Waals surface area contributed by atoms with E-state index in [9.17, 15) is 19.5 Å². The average Bonchev–Trinajstić information content (AvgIpc) is 2.80. The van der Waals surface area contributed by atoms with E-state index in [2.05, 4.69) is 10.6 Å². The Kier molecular flexibility index (Phi) is 9.83. The lowest BCUT2D eigenvalue weighted by atomic mass is 9.95. The van der Waals surface area contributed by atoms with Crippen LogP contribution in [0.25, 0.3) is 0 Å². The van der Waals surface area contributed by atoms with Crippen molar-refractivity contribution in [3.63, 3.8) is 0 Å². The molecule has 0 fully saturated rings. The largest absolute Gasteiger partial charge is 0.444 e. The number of nitrogens with zero attached hydrogens (tertiary/aromatic N) is 1. The van der Waals surface area contributed by atoms with Crippen LogP contribution in [0.15, 0.2) is 48.5 Å². The Morgan fingerprint density at radius 1 is 1.03 bits per heavy atom. The number of nitrogens with one attached hydrogen (secondary N) is 2. The molecule has 0 heterocycles. The first kappa shape index (κ1) is 27.9. The fourth-order valence-corrected chi connectivity index (χ4v) is 3.70. The summed E-state index contributed by atoms with van der Waals surface area (Å²) in [6, 6.07) is 12.9. The van der Waals surface area contributed by atoms with Gasteiger partial charge in [-0.25, -0.2) is 4.79 Å². The number of carbonyl (C=O) groups excluding carboxylic acids is 3. The van der Waals surface area contributed by atoms with Crippen LogP contribution < -0.4 is 10.6 Å². The monoisotopic (exact) mass is 483 g/mol. The maximum absolute atomic E-state index is 13.5. The first-order valence-electron chi connectivity index (χ1n) is 11.8. The van der Waals surface area contributed by atoms with Crippen molar-refractivity contribution in [2.45, 2.75) is 65.8 Å². The molecule has 8 heteroatoms. The van der Waals surface area contributed by atoms with Crippen LogP contribution in [-0.4, -0.2) is 52.7 Å². The van der Waals surface area contributed by atoms with Crippen molar-refractivity contribution in [2.24, 2.45) is 0 Å². The number of ether oxygens (including phenoxy) is 1. The van der Waals surface area contributed by atoms with Crippen LogP contribution in [0.4, 0.5) is 4.79 Å². The van der Waals surface area contributed by atoms with Crippen LogP contribution in [0.1, 0.15) is 56.0 Å². The molecule has 0 saturated carbocycles. The topological polar surface area (TPSA) is 108 Å². The van der Waals surface area contributed by atoms with E-state index in [-0.39, 0.29) is 12.5 Å². The van der Waals surface area contributed by atoms with E-state index in [4.69, 9.17) is 4.74 Å². The molecule has 0 radical (unpaired) electrons. The first-order chi connectivity index (χ1) is 16.5. The zero-order valence-electron chi connectivity index (χ0n) is 21.4. The van der Waals surface area contributed by atoms with Gasteiger partial charge >= 0.3 is 6.09 Å². The van der Waals surface area contributed by atoms with Crippen LogP contribution >= 0.6 is 0 Å². The van der Waals surface area contributed by atoms with Crippen molar-refractivity contribution in [2.75, 3.05) is 13.2 Å². The Morgan fingerprint density at radius 3 is 2.26 bits per heavy atom. The Bertz CT molecular complexity index is 1020. The third kappa shape index (κ3) is 7.82. The van der Waals surface area contributed by atoms with Gasteiger partial charge in [0.25, 0.3) is 0 Å². The Morgan fingerprint density at radius 2 is 1.69 bits per heavy atom. The standard InChI is InChI=1S/C27H37N3O5/c1-7-30(25(33)22(17-31)29-26(34)35-27(4,5)6)23(21-15-11-12-18(2)19(21)3)24(32)28-16-20-13-9-8-10-14-20/h8-15,22-23,31H,7,16-17H2,1-6H3,(H,28,32)(H,29,34). The highest BCUT2D eigenvalue weighted by Gasteiger charge is 2.36. The fraction of sp³-hybridized carbons (Fsp3) is 0.444.